The lowest BCUT2D eigenvalue weighted by atomic mass is 10.2. The summed E-state index contributed by atoms with van der Waals surface area (Å²) < 4.78 is 6.84. The average Bonchev–Trinajstić information content (AvgIpc) is 3.02. The highest BCUT2D eigenvalue weighted by atomic mass is 79.9. The molecule has 2 N–H and O–H groups in total. The Morgan fingerprint density at radius 1 is 1.43 bits per heavy atom. The second-order valence-corrected chi connectivity index (χ2v) is 7.09. The maximum absolute atomic E-state index is 6.15. The van der Waals surface area contributed by atoms with Crippen molar-refractivity contribution in [2.45, 2.75) is 6.04 Å². The molecule has 21 heavy (non-hydrogen) atoms. The van der Waals surface area contributed by atoms with E-state index in [9.17, 15) is 0 Å². The molecule has 1 unspecified atom stereocenters. The molecule has 0 fully saturated rings. The summed E-state index contributed by atoms with van der Waals surface area (Å²) in [6.45, 7) is 0.626. The standard InChI is InChI=1S/C14H13BrClN3OS/c1-20-9-4-2-8(3-5-9)19-11(7-18-14(19)17)12-6-10(15)13(16)21-12/h2-6,11H,7H2,1H3,(H2,17,18). The molecule has 1 aromatic carbocycles. The monoisotopic (exact) mass is 385 g/mol. The zero-order chi connectivity index (χ0) is 15.0. The van der Waals surface area contributed by atoms with Crippen LogP contribution in [0.25, 0.3) is 0 Å². The van der Waals surface area contributed by atoms with Gasteiger partial charge in [-0.1, -0.05) is 11.6 Å². The van der Waals surface area contributed by atoms with E-state index >= 15 is 0 Å². The number of guanidine groups is 1. The number of hydrogen-bond donors (Lipinski definition) is 1. The number of methoxy groups -OCH3 is 1. The van der Waals surface area contributed by atoms with Crippen molar-refractivity contribution in [1.82, 2.24) is 0 Å². The Labute approximate surface area is 140 Å². The molecule has 1 aliphatic rings. The van der Waals surface area contributed by atoms with Crippen molar-refractivity contribution in [1.29, 1.82) is 0 Å². The SMILES string of the molecule is COc1ccc(N2C(N)=NCC2c2cc(Br)c(Cl)s2)cc1. The van der Waals surface area contributed by atoms with E-state index in [-0.39, 0.29) is 6.04 Å². The molecule has 0 saturated carbocycles. The van der Waals surface area contributed by atoms with Crippen molar-refractivity contribution in [2.24, 2.45) is 10.7 Å². The Balaban J connectivity index is 1.94. The molecule has 4 nitrogen and oxygen atoms in total. The number of ether oxygens (including phenoxy) is 1. The highest BCUT2D eigenvalue weighted by Crippen LogP contribution is 2.40. The number of thiophene rings is 1. The number of nitrogens with zero attached hydrogens (tertiary/aromatic N) is 2. The first-order chi connectivity index (χ1) is 10.1. The molecule has 3 rings (SSSR count). The molecule has 7 heteroatoms. The predicted molar refractivity (Wildman–Crippen MR) is 91.7 cm³/mol. The maximum Gasteiger partial charge on any atom is 0.196 e. The first-order valence-corrected chi connectivity index (χ1v) is 8.27. The molecule has 1 aromatic heterocycles. The van der Waals surface area contributed by atoms with Crippen molar-refractivity contribution in [2.75, 3.05) is 18.6 Å². The van der Waals surface area contributed by atoms with Crippen LogP contribution in [0.15, 0.2) is 39.8 Å². The lowest BCUT2D eigenvalue weighted by molar-refractivity contribution is 0.415. The van der Waals surface area contributed by atoms with E-state index in [0.29, 0.717) is 12.5 Å². The molecule has 0 saturated heterocycles. The molecular weight excluding hydrogens is 374 g/mol. The Bertz CT molecular complexity index is 667. The van der Waals surface area contributed by atoms with E-state index < -0.39 is 0 Å². The second-order valence-electron chi connectivity index (χ2n) is 4.55. The van der Waals surface area contributed by atoms with Crippen LogP contribution >= 0.6 is 38.9 Å². The quantitative estimate of drug-likeness (QED) is 0.866. The van der Waals surface area contributed by atoms with Crippen molar-refractivity contribution in [3.8, 4) is 5.75 Å². The normalized spacial score (nSPS) is 18.0. The minimum absolute atomic E-state index is 0.0761. The van der Waals surface area contributed by atoms with Crippen LogP contribution < -0.4 is 15.4 Å². The van der Waals surface area contributed by atoms with Crippen LogP contribution in [0.1, 0.15) is 10.9 Å². The number of anilines is 1. The third kappa shape index (κ3) is 2.75. The molecular formula is C14H13BrClN3OS. The number of aliphatic imine (C=N–C) groups is 1. The second kappa shape index (κ2) is 5.87. The number of rotatable bonds is 3. The van der Waals surface area contributed by atoms with E-state index in [4.69, 9.17) is 22.1 Å². The summed E-state index contributed by atoms with van der Waals surface area (Å²) in [5.41, 5.74) is 7.05. The fourth-order valence-electron chi connectivity index (χ4n) is 2.30. The molecule has 0 spiro atoms. The summed E-state index contributed by atoms with van der Waals surface area (Å²) in [6, 6.07) is 9.88. The molecule has 0 radical (unpaired) electrons. The largest absolute Gasteiger partial charge is 0.497 e. The number of nitrogens with two attached hydrogens (primary N) is 1. The van der Waals surface area contributed by atoms with Crippen molar-refractivity contribution < 1.29 is 4.74 Å². The average molecular weight is 387 g/mol. The van der Waals surface area contributed by atoms with E-state index in [1.807, 2.05) is 35.2 Å². The predicted octanol–water partition coefficient (Wildman–Crippen LogP) is 4.05. The molecule has 2 aromatic rings. The van der Waals surface area contributed by atoms with Gasteiger partial charge in [-0.2, -0.15) is 0 Å². The van der Waals surface area contributed by atoms with Gasteiger partial charge in [0, 0.05) is 15.0 Å². The highest BCUT2D eigenvalue weighted by Gasteiger charge is 2.30. The summed E-state index contributed by atoms with van der Waals surface area (Å²) >= 11 is 11.1. The van der Waals surface area contributed by atoms with Gasteiger partial charge in [0.2, 0.25) is 0 Å². The molecule has 0 bridgehead atoms. The van der Waals surface area contributed by atoms with Crippen LogP contribution in [0.2, 0.25) is 4.34 Å². The van der Waals surface area contributed by atoms with Crippen molar-refractivity contribution >= 4 is 50.5 Å². The summed E-state index contributed by atoms with van der Waals surface area (Å²) in [4.78, 5) is 7.52. The first-order valence-electron chi connectivity index (χ1n) is 6.28. The lowest BCUT2D eigenvalue weighted by Gasteiger charge is -2.25. The summed E-state index contributed by atoms with van der Waals surface area (Å²) in [6.07, 6.45) is 0. The number of hydrogen-bond acceptors (Lipinski definition) is 5. The molecule has 2 heterocycles. The minimum atomic E-state index is 0.0761. The van der Waals surface area contributed by atoms with Crippen LogP contribution in [-0.4, -0.2) is 19.6 Å². The smallest absolute Gasteiger partial charge is 0.196 e. The van der Waals surface area contributed by atoms with Gasteiger partial charge in [0.15, 0.2) is 5.96 Å². The molecule has 1 aliphatic heterocycles. The van der Waals surface area contributed by atoms with Gasteiger partial charge < -0.3 is 15.4 Å². The Morgan fingerprint density at radius 3 is 2.71 bits per heavy atom. The Hall–Kier alpha value is -1.24. The molecule has 0 amide bonds. The van der Waals surface area contributed by atoms with E-state index in [1.54, 1.807) is 18.4 Å². The molecule has 0 aliphatic carbocycles. The topological polar surface area (TPSA) is 50.9 Å². The third-order valence-corrected chi connectivity index (χ3v) is 5.90. The zero-order valence-electron chi connectivity index (χ0n) is 11.2. The lowest BCUT2D eigenvalue weighted by Crippen LogP contribution is -2.35. The van der Waals surface area contributed by atoms with E-state index in [2.05, 4.69) is 20.9 Å². The van der Waals surface area contributed by atoms with Crippen molar-refractivity contribution in [3.05, 3.63) is 44.0 Å². The van der Waals surface area contributed by atoms with Crippen LogP contribution in [-0.2, 0) is 0 Å². The van der Waals surface area contributed by atoms with Gasteiger partial charge in [-0.05, 0) is 46.3 Å². The Morgan fingerprint density at radius 2 is 2.14 bits per heavy atom. The van der Waals surface area contributed by atoms with Gasteiger partial charge in [-0.25, -0.2) is 0 Å². The van der Waals surface area contributed by atoms with E-state index in [0.717, 1.165) is 25.1 Å². The van der Waals surface area contributed by atoms with Crippen LogP contribution in [0.5, 0.6) is 5.75 Å². The van der Waals surface area contributed by atoms with Crippen LogP contribution in [0.4, 0.5) is 5.69 Å². The fourth-order valence-corrected chi connectivity index (χ4v) is 4.12. The first kappa shape index (κ1) is 14.7. The number of halogens is 2. The van der Waals surface area contributed by atoms with Crippen LogP contribution in [0.3, 0.4) is 0 Å². The Kier molecular flexibility index (Phi) is 4.10. The third-order valence-electron chi connectivity index (χ3n) is 3.33. The van der Waals surface area contributed by atoms with E-state index in [1.165, 1.54) is 0 Å². The van der Waals surface area contributed by atoms with Gasteiger partial charge in [0.25, 0.3) is 0 Å². The molecule has 110 valence electrons. The summed E-state index contributed by atoms with van der Waals surface area (Å²) in [7, 11) is 1.65. The zero-order valence-corrected chi connectivity index (χ0v) is 14.4. The molecule has 1 atom stereocenters. The summed E-state index contributed by atoms with van der Waals surface area (Å²) in [5, 5.41) is 0. The van der Waals surface area contributed by atoms with Crippen molar-refractivity contribution in [3.63, 3.8) is 0 Å². The fraction of sp³-hybridized carbons (Fsp3) is 0.214. The minimum Gasteiger partial charge on any atom is -0.497 e. The highest BCUT2D eigenvalue weighted by molar-refractivity contribution is 9.10. The van der Waals surface area contributed by atoms with Crippen LogP contribution in [0, 0.1) is 0 Å². The maximum atomic E-state index is 6.15. The van der Waals surface area contributed by atoms with Gasteiger partial charge >= 0.3 is 0 Å². The van der Waals surface area contributed by atoms with Gasteiger partial charge in [-0.15, -0.1) is 11.3 Å². The summed E-state index contributed by atoms with van der Waals surface area (Å²) in [5.74, 6) is 1.33. The number of benzene rings is 1. The van der Waals surface area contributed by atoms with Gasteiger partial charge in [0.1, 0.15) is 10.1 Å². The van der Waals surface area contributed by atoms with Gasteiger partial charge in [-0.3, -0.25) is 4.99 Å². The van der Waals surface area contributed by atoms with Gasteiger partial charge in [0.05, 0.1) is 19.7 Å².